The fraction of sp³-hybridized carbons (Fsp3) is 0.0952. The summed E-state index contributed by atoms with van der Waals surface area (Å²) >= 11 is 6.48. The number of rotatable bonds is 5. The van der Waals surface area contributed by atoms with Gasteiger partial charge in [0.25, 0.3) is 0 Å². The Morgan fingerprint density at radius 3 is 2.70 bits per heavy atom. The third-order valence-corrected chi connectivity index (χ3v) is 4.55. The number of hydrogen-bond acceptors (Lipinski definition) is 3. The SMILES string of the molecule is COc1cc(-c2nc3ccccn3c2Cl)ccc1OCc1cccc(F)c1. The maximum atomic E-state index is 13.3. The van der Waals surface area contributed by atoms with Crippen LogP contribution in [0.15, 0.2) is 66.9 Å². The molecule has 0 spiro atoms. The van der Waals surface area contributed by atoms with Crippen molar-refractivity contribution >= 4 is 17.2 Å². The molecule has 6 heteroatoms. The third kappa shape index (κ3) is 3.46. The predicted octanol–water partition coefficient (Wildman–Crippen LogP) is 5.38. The Balaban J connectivity index is 1.63. The first-order valence-corrected chi connectivity index (χ1v) is 8.72. The van der Waals surface area contributed by atoms with Gasteiger partial charge < -0.3 is 9.47 Å². The number of fused-ring (bicyclic) bond motifs is 1. The summed E-state index contributed by atoms with van der Waals surface area (Å²) in [6, 6.07) is 17.5. The number of imidazole rings is 1. The Labute approximate surface area is 160 Å². The van der Waals surface area contributed by atoms with Crippen molar-refractivity contribution < 1.29 is 13.9 Å². The van der Waals surface area contributed by atoms with Crippen LogP contribution in [0, 0.1) is 5.82 Å². The van der Waals surface area contributed by atoms with Gasteiger partial charge in [-0.2, -0.15) is 0 Å². The number of hydrogen-bond donors (Lipinski definition) is 0. The Kier molecular flexibility index (Phi) is 4.69. The largest absolute Gasteiger partial charge is 0.493 e. The molecular formula is C21H16ClFN2O2. The van der Waals surface area contributed by atoms with E-state index in [1.165, 1.54) is 12.1 Å². The first-order chi connectivity index (χ1) is 13.2. The molecule has 27 heavy (non-hydrogen) atoms. The molecular weight excluding hydrogens is 367 g/mol. The van der Waals surface area contributed by atoms with Crippen LogP contribution in [-0.2, 0) is 6.61 Å². The zero-order valence-corrected chi connectivity index (χ0v) is 15.3. The second-order valence-electron chi connectivity index (χ2n) is 5.96. The van der Waals surface area contributed by atoms with E-state index in [4.69, 9.17) is 21.1 Å². The summed E-state index contributed by atoms with van der Waals surface area (Å²) < 4.78 is 26.4. The molecule has 4 rings (SSSR count). The normalized spacial score (nSPS) is 10.9. The van der Waals surface area contributed by atoms with Gasteiger partial charge in [-0.25, -0.2) is 9.37 Å². The van der Waals surface area contributed by atoms with Crippen molar-refractivity contribution in [2.45, 2.75) is 6.61 Å². The number of halogens is 2. The van der Waals surface area contributed by atoms with E-state index in [0.717, 1.165) is 16.8 Å². The maximum Gasteiger partial charge on any atom is 0.161 e. The average Bonchev–Trinajstić information content (AvgIpc) is 3.03. The molecule has 0 fully saturated rings. The molecule has 0 aliphatic carbocycles. The molecule has 0 atom stereocenters. The van der Waals surface area contributed by atoms with Gasteiger partial charge in [-0.1, -0.05) is 29.8 Å². The van der Waals surface area contributed by atoms with Gasteiger partial charge >= 0.3 is 0 Å². The third-order valence-electron chi connectivity index (χ3n) is 4.19. The molecule has 0 saturated heterocycles. The highest BCUT2D eigenvalue weighted by Gasteiger charge is 2.14. The van der Waals surface area contributed by atoms with Gasteiger partial charge in [0.15, 0.2) is 11.5 Å². The van der Waals surface area contributed by atoms with E-state index in [1.807, 2.05) is 40.9 Å². The quantitative estimate of drug-likeness (QED) is 0.464. The Hall–Kier alpha value is -3.05. The highest BCUT2D eigenvalue weighted by molar-refractivity contribution is 6.32. The summed E-state index contributed by atoms with van der Waals surface area (Å²) in [6.07, 6.45) is 1.86. The fourth-order valence-electron chi connectivity index (χ4n) is 2.87. The second kappa shape index (κ2) is 7.29. The summed E-state index contributed by atoms with van der Waals surface area (Å²) in [6.45, 7) is 0.239. The monoisotopic (exact) mass is 382 g/mol. The highest BCUT2D eigenvalue weighted by atomic mass is 35.5. The van der Waals surface area contributed by atoms with Gasteiger partial charge in [0.05, 0.1) is 7.11 Å². The molecule has 4 nitrogen and oxygen atoms in total. The van der Waals surface area contributed by atoms with Gasteiger partial charge in [0, 0.05) is 11.8 Å². The van der Waals surface area contributed by atoms with Crippen LogP contribution >= 0.6 is 11.6 Å². The summed E-state index contributed by atoms with van der Waals surface area (Å²) in [5.74, 6) is 0.822. The minimum Gasteiger partial charge on any atom is -0.493 e. The van der Waals surface area contributed by atoms with Gasteiger partial charge in [-0.05, 0) is 48.0 Å². The topological polar surface area (TPSA) is 35.8 Å². The van der Waals surface area contributed by atoms with E-state index >= 15 is 0 Å². The summed E-state index contributed by atoms with van der Waals surface area (Å²) in [7, 11) is 1.57. The van der Waals surface area contributed by atoms with E-state index in [1.54, 1.807) is 25.3 Å². The zero-order valence-electron chi connectivity index (χ0n) is 14.5. The lowest BCUT2D eigenvalue weighted by Crippen LogP contribution is -1.98. The van der Waals surface area contributed by atoms with Crippen LogP contribution in [0.3, 0.4) is 0 Å². The lowest BCUT2D eigenvalue weighted by molar-refractivity contribution is 0.284. The fourth-order valence-corrected chi connectivity index (χ4v) is 3.17. The number of benzene rings is 2. The van der Waals surface area contributed by atoms with Crippen molar-refractivity contribution in [2.24, 2.45) is 0 Å². The van der Waals surface area contributed by atoms with Crippen molar-refractivity contribution in [3.63, 3.8) is 0 Å². The summed E-state index contributed by atoms with van der Waals surface area (Å²) in [5, 5.41) is 0.529. The summed E-state index contributed by atoms with van der Waals surface area (Å²) in [5.41, 5.74) is 2.99. The molecule has 0 radical (unpaired) electrons. The lowest BCUT2D eigenvalue weighted by atomic mass is 10.1. The standard InChI is InChI=1S/C21H16ClFN2O2/c1-26-18-12-15(20-21(22)25-10-3-2-7-19(25)24-20)8-9-17(18)27-13-14-5-4-6-16(23)11-14/h2-12H,13H2,1H3. The molecule has 0 bridgehead atoms. The molecule has 0 saturated carbocycles. The van der Waals surface area contributed by atoms with Crippen LogP contribution in [0.5, 0.6) is 11.5 Å². The number of aromatic nitrogens is 2. The second-order valence-corrected chi connectivity index (χ2v) is 6.32. The van der Waals surface area contributed by atoms with Gasteiger partial charge in [-0.3, -0.25) is 4.40 Å². The van der Waals surface area contributed by atoms with Gasteiger partial charge in [0.2, 0.25) is 0 Å². The zero-order chi connectivity index (χ0) is 18.8. The van der Waals surface area contributed by atoms with Crippen LogP contribution < -0.4 is 9.47 Å². The molecule has 0 unspecified atom stereocenters. The van der Waals surface area contributed by atoms with Crippen LogP contribution in [0.2, 0.25) is 5.15 Å². The Morgan fingerprint density at radius 1 is 1.04 bits per heavy atom. The number of pyridine rings is 1. The van der Waals surface area contributed by atoms with Crippen LogP contribution in [-0.4, -0.2) is 16.5 Å². The van der Waals surface area contributed by atoms with Crippen molar-refractivity contribution in [3.05, 3.63) is 83.4 Å². The van der Waals surface area contributed by atoms with Crippen LogP contribution in [0.4, 0.5) is 4.39 Å². The maximum absolute atomic E-state index is 13.3. The highest BCUT2D eigenvalue weighted by Crippen LogP contribution is 2.35. The van der Waals surface area contributed by atoms with Crippen LogP contribution in [0.1, 0.15) is 5.56 Å². The summed E-state index contributed by atoms with van der Waals surface area (Å²) in [4.78, 5) is 4.58. The van der Waals surface area contributed by atoms with E-state index in [0.29, 0.717) is 22.3 Å². The number of ether oxygens (including phenoxy) is 2. The van der Waals surface area contributed by atoms with Gasteiger partial charge in [0.1, 0.15) is 28.9 Å². The smallest absolute Gasteiger partial charge is 0.161 e. The van der Waals surface area contributed by atoms with Crippen molar-refractivity contribution in [1.29, 1.82) is 0 Å². The minimum absolute atomic E-state index is 0.239. The number of methoxy groups -OCH3 is 1. The predicted molar refractivity (Wildman–Crippen MR) is 103 cm³/mol. The van der Waals surface area contributed by atoms with E-state index < -0.39 is 0 Å². The first kappa shape index (κ1) is 17.4. The molecule has 0 amide bonds. The van der Waals surface area contributed by atoms with Crippen molar-refractivity contribution in [3.8, 4) is 22.8 Å². The minimum atomic E-state index is -0.292. The Bertz CT molecular complexity index is 1110. The molecule has 0 N–H and O–H groups in total. The van der Waals surface area contributed by atoms with E-state index in [9.17, 15) is 4.39 Å². The molecule has 136 valence electrons. The Morgan fingerprint density at radius 2 is 1.93 bits per heavy atom. The molecule has 4 aromatic rings. The molecule has 2 heterocycles. The van der Waals surface area contributed by atoms with E-state index in [2.05, 4.69) is 4.98 Å². The first-order valence-electron chi connectivity index (χ1n) is 8.34. The molecule has 0 aliphatic rings. The van der Waals surface area contributed by atoms with Gasteiger partial charge in [-0.15, -0.1) is 0 Å². The average molecular weight is 383 g/mol. The molecule has 0 aliphatic heterocycles. The van der Waals surface area contributed by atoms with Crippen molar-refractivity contribution in [1.82, 2.24) is 9.38 Å². The molecule has 2 aromatic heterocycles. The molecule has 2 aromatic carbocycles. The lowest BCUT2D eigenvalue weighted by Gasteiger charge is -2.12. The van der Waals surface area contributed by atoms with Crippen molar-refractivity contribution in [2.75, 3.05) is 7.11 Å². The van der Waals surface area contributed by atoms with E-state index in [-0.39, 0.29) is 12.4 Å². The number of nitrogens with zero attached hydrogens (tertiary/aromatic N) is 2. The van der Waals surface area contributed by atoms with Crippen LogP contribution in [0.25, 0.3) is 16.9 Å².